The van der Waals surface area contributed by atoms with Crippen molar-refractivity contribution in [3.05, 3.63) is 182 Å². The molecule has 11 aromatic rings. The first-order valence-electron chi connectivity index (χ1n) is 17.6. The molecule has 3 nitrogen and oxygen atoms in total. The Balaban J connectivity index is 1.25. The van der Waals surface area contributed by atoms with Crippen molar-refractivity contribution in [2.24, 2.45) is 0 Å². The predicted molar refractivity (Wildman–Crippen MR) is 221 cm³/mol. The maximum Gasteiger partial charge on any atom is 0.137 e. The lowest BCUT2D eigenvalue weighted by Crippen LogP contribution is -2.10. The molecule has 0 spiro atoms. The van der Waals surface area contributed by atoms with Crippen molar-refractivity contribution in [1.29, 1.82) is 0 Å². The van der Waals surface area contributed by atoms with E-state index in [9.17, 15) is 0 Å². The molecule has 11 rings (SSSR count). The fourth-order valence-corrected chi connectivity index (χ4v) is 9.24. The predicted octanol–water partition coefficient (Wildman–Crippen LogP) is 14.2. The van der Waals surface area contributed by atoms with Gasteiger partial charge in [0.15, 0.2) is 0 Å². The Hall–Kier alpha value is -6.62. The van der Waals surface area contributed by atoms with Gasteiger partial charge in [-0.15, -0.1) is 11.3 Å². The fourth-order valence-electron chi connectivity index (χ4n) is 8.11. The lowest BCUT2D eigenvalue weighted by atomic mass is 10.0. The van der Waals surface area contributed by atoms with Crippen molar-refractivity contribution in [1.82, 2.24) is 4.57 Å². The molecule has 0 radical (unpaired) electrons. The van der Waals surface area contributed by atoms with E-state index in [1.807, 2.05) is 17.4 Å². The molecule has 0 amide bonds. The molecule has 8 aromatic carbocycles. The molecular weight excluding hydrogens is 653 g/mol. The number of hydrogen-bond acceptors (Lipinski definition) is 3. The molecule has 0 fully saturated rings. The highest BCUT2D eigenvalue weighted by molar-refractivity contribution is 7.26. The van der Waals surface area contributed by atoms with Crippen LogP contribution in [0, 0.1) is 0 Å². The Kier molecular flexibility index (Phi) is 6.42. The Morgan fingerprint density at radius 3 is 1.90 bits per heavy atom. The minimum atomic E-state index is 0.875. The van der Waals surface area contributed by atoms with E-state index in [2.05, 4.69) is 185 Å². The normalized spacial score (nSPS) is 11.8. The molecule has 3 aromatic heterocycles. The molecule has 0 aliphatic rings. The first kappa shape index (κ1) is 29.1. The van der Waals surface area contributed by atoms with Crippen LogP contribution in [-0.4, -0.2) is 4.57 Å². The van der Waals surface area contributed by atoms with Crippen LogP contribution in [0.3, 0.4) is 0 Å². The van der Waals surface area contributed by atoms with Gasteiger partial charge in [-0.25, -0.2) is 0 Å². The number of thiophene rings is 1. The lowest BCUT2D eigenvalue weighted by molar-refractivity contribution is 0.669. The number of nitrogens with zero attached hydrogens (tertiary/aromatic N) is 2. The van der Waals surface area contributed by atoms with Crippen LogP contribution in [0.4, 0.5) is 17.1 Å². The van der Waals surface area contributed by atoms with Crippen LogP contribution in [0.15, 0.2) is 186 Å². The van der Waals surface area contributed by atoms with Gasteiger partial charge < -0.3 is 13.9 Å². The average Bonchev–Trinajstić information content (AvgIpc) is 3.88. The summed E-state index contributed by atoms with van der Waals surface area (Å²) in [6.07, 6.45) is 0. The lowest BCUT2D eigenvalue weighted by Gasteiger charge is -2.27. The van der Waals surface area contributed by atoms with E-state index in [0.717, 1.165) is 44.7 Å². The van der Waals surface area contributed by atoms with Gasteiger partial charge in [0.25, 0.3) is 0 Å². The zero-order valence-electron chi connectivity index (χ0n) is 28.0. The van der Waals surface area contributed by atoms with Crippen LogP contribution in [-0.2, 0) is 0 Å². The van der Waals surface area contributed by atoms with Crippen molar-refractivity contribution >= 4 is 92.3 Å². The van der Waals surface area contributed by atoms with Crippen molar-refractivity contribution in [2.45, 2.75) is 0 Å². The highest BCUT2D eigenvalue weighted by atomic mass is 32.1. The molecule has 3 heterocycles. The number of anilines is 3. The highest BCUT2D eigenvalue weighted by Gasteiger charge is 2.24. The summed E-state index contributed by atoms with van der Waals surface area (Å²) in [6.45, 7) is 0. The Morgan fingerprint density at radius 2 is 1.06 bits per heavy atom. The summed E-state index contributed by atoms with van der Waals surface area (Å²) < 4.78 is 11.4. The van der Waals surface area contributed by atoms with E-state index < -0.39 is 0 Å². The van der Waals surface area contributed by atoms with Gasteiger partial charge in [0.1, 0.15) is 11.2 Å². The number of benzene rings is 8. The van der Waals surface area contributed by atoms with Crippen molar-refractivity contribution in [3.8, 4) is 16.8 Å². The SMILES string of the molecule is c1ccc(-c2ccc3c(c2)c2cc(N(c4cccc5oc6ccccc6c45)c4cccc5sc6ccccc6c45)ccc2n3-c2ccccc2)cc1. The summed E-state index contributed by atoms with van der Waals surface area (Å²) in [5.41, 5.74) is 11.0. The summed E-state index contributed by atoms with van der Waals surface area (Å²) >= 11 is 1.85. The van der Waals surface area contributed by atoms with E-state index in [0.29, 0.717) is 0 Å². The third-order valence-corrected chi connectivity index (χ3v) is 11.5. The average molecular weight is 683 g/mol. The smallest absolute Gasteiger partial charge is 0.137 e. The summed E-state index contributed by atoms with van der Waals surface area (Å²) in [5.74, 6) is 0. The zero-order chi connectivity index (χ0) is 34.2. The molecule has 0 unspecified atom stereocenters. The Morgan fingerprint density at radius 1 is 0.423 bits per heavy atom. The molecule has 244 valence electrons. The van der Waals surface area contributed by atoms with Gasteiger partial charge in [-0.05, 0) is 90.0 Å². The molecule has 0 bridgehead atoms. The first-order chi connectivity index (χ1) is 25.8. The van der Waals surface area contributed by atoms with Crippen LogP contribution in [0.1, 0.15) is 0 Å². The van der Waals surface area contributed by atoms with Crippen LogP contribution in [0.25, 0.3) is 80.7 Å². The van der Waals surface area contributed by atoms with E-state index in [1.165, 1.54) is 53.1 Å². The maximum absolute atomic E-state index is 6.47. The molecular formula is C48H30N2OS. The monoisotopic (exact) mass is 682 g/mol. The molecule has 0 aliphatic heterocycles. The highest BCUT2D eigenvalue weighted by Crippen LogP contribution is 2.49. The van der Waals surface area contributed by atoms with Crippen molar-refractivity contribution < 1.29 is 4.42 Å². The molecule has 0 aliphatic carbocycles. The quantitative estimate of drug-likeness (QED) is 0.180. The topological polar surface area (TPSA) is 21.3 Å². The standard InChI is InChI=1S/C48H30N2OS/c1-3-13-31(14-4-1)32-25-27-39-37(29-32)38-30-34(26-28-40(38)49(39)33-15-5-2-6-16-33)50(41-19-11-22-44-47(41)35-17-7-9-21-43(35)51-44)42-20-12-24-46-48(42)36-18-8-10-23-45(36)52-46/h1-30H. The summed E-state index contributed by atoms with van der Waals surface area (Å²) in [5, 5.41) is 7.15. The number of fused-ring (bicyclic) bond motifs is 9. The summed E-state index contributed by atoms with van der Waals surface area (Å²) in [4.78, 5) is 2.46. The van der Waals surface area contributed by atoms with Crippen molar-refractivity contribution in [3.63, 3.8) is 0 Å². The van der Waals surface area contributed by atoms with Gasteiger partial charge in [0.2, 0.25) is 0 Å². The first-order valence-corrected chi connectivity index (χ1v) is 18.4. The minimum absolute atomic E-state index is 0.875. The van der Waals surface area contributed by atoms with Crippen LogP contribution < -0.4 is 4.90 Å². The van der Waals surface area contributed by atoms with E-state index in [4.69, 9.17) is 4.42 Å². The second kappa shape index (κ2) is 11.5. The number of hydrogen-bond donors (Lipinski definition) is 0. The number of para-hydroxylation sites is 2. The van der Waals surface area contributed by atoms with E-state index in [-0.39, 0.29) is 0 Å². The summed E-state index contributed by atoms with van der Waals surface area (Å²) in [7, 11) is 0. The maximum atomic E-state index is 6.47. The molecule has 4 heteroatoms. The van der Waals surface area contributed by atoms with Crippen molar-refractivity contribution in [2.75, 3.05) is 4.90 Å². The van der Waals surface area contributed by atoms with Crippen LogP contribution in [0.5, 0.6) is 0 Å². The third-order valence-electron chi connectivity index (χ3n) is 10.4. The second-order valence-corrected chi connectivity index (χ2v) is 14.4. The number of rotatable bonds is 5. The van der Waals surface area contributed by atoms with Gasteiger partial charge >= 0.3 is 0 Å². The molecule has 0 saturated carbocycles. The third kappa shape index (κ3) is 4.38. The summed E-state index contributed by atoms with van der Waals surface area (Å²) in [6, 6.07) is 65.5. The van der Waals surface area contributed by atoms with E-state index >= 15 is 0 Å². The van der Waals surface area contributed by atoms with Gasteiger partial charge in [0, 0.05) is 47.7 Å². The molecule has 0 N–H and O–H groups in total. The van der Waals surface area contributed by atoms with Gasteiger partial charge in [-0.2, -0.15) is 0 Å². The van der Waals surface area contributed by atoms with Gasteiger partial charge in [-0.3, -0.25) is 0 Å². The largest absolute Gasteiger partial charge is 0.456 e. The van der Waals surface area contributed by atoms with Gasteiger partial charge in [0.05, 0.1) is 27.8 Å². The van der Waals surface area contributed by atoms with E-state index in [1.54, 1.807) is 0 Å². The van der Waals surface area contributed by atoms with Crippen LogP contribution in [0.2, 0.25) is 0 Å². The second-order valence-electron chi connectivity index (χ2n) is 13.3. The van der Waals surface area contributed by atoms with Crippen LogP contribution >= 0.6 is 11.3 Å². The minimum Gasteiger partial charge on any atom is -0.456 e. The zero-order valence-corrected chi connectivity index (χ0v) is 28.8. The fraction of sp³-hybridized carbons (Fsp3) is 0. The number of furan rings is 1. The molecule has 0 saturated heterocycles. The van der Waals surface area contributed by atoms with Gasteiger partial charge in [-0.1, -0.05) is 103 Å². The Labute approximate surface area is 303 Å². The molecule has 0 atom stereocenters. The molecule has 52 heavy (non-hydrogen) atoms. The Bertz CT molecular complexity index is 3020. The number of aromatic nitrogens is 1.